The molecule has 0 radical (unpaired) electrons. The Balaban J connectivity index is 0.000000396. The van der Waals surface area contributed by atoms with Crippen molar-refractivity contribution < 1.29 is 0 Å². The van der Waals surface area contributed by atoms with E-state index in [4.69, 9.17) is 0 Å². The lowest BCUT2D eigenvalue weighted by molar-refractivity contribution is 1.25. The van der Waals surface area contributed by atoms with Gasteiger partial charge in [-0.15, -0.1) is 0 Å². The molecular formula is C12H17N. The van der Waals surface area contributed by atoms with Gasteiger partial charge >= 0.3 is 0 Å². The second-order valence-corrected chi connectivity index (χ2v) is 2.92. The molecule has 0 amide bonds. The molecule has 1 aromatic carbocycles. The summed E-state index contributed by atoms with van der Waals surface area (Å²) in [6, 6.07) is 8.38. The molecule has 1 nitrogen and oxygen atoms in total. The van der Waals surface area contributed by atoms with Crippen LogP contribution in [0.2, 0.25) is 0 Å². The summed E-state index contributed by atoms with van der Waals surface area (Å²) in [6.45, 7) is 8.25. The fourth-order valence-corrected chi connectivity index (χ4v) is 1.42. The molecular weight excluding hydrogens is 158 g/mol. The van der Waals surface area contributed by atoms with Crippen molar-refractivity contribution in [2.75, 3.05) is 0 Å². The van der Waals surface area contributed by atoms with Gasteiger partial charge in [0.15, 0.2) is 0 Å². The van der Waals surface area contributed by atoms with Crippen molar-refractivity contribution in [3.8, 4) is 0 Å². The van der Waals surface area contributed by atoms with Gasteiger partial charge in [-0.3, -0.25) is 0 Å². The van der Waals surface area contributed by atoms with Gasteiger partial charge in [0, 0.05) is 16.6 Å². The Morgan fingerprint density at radius 3 is 2.23 bits per heavy atom. The van der Waals surface area contributed by atoms with Gasteiger partial charge in [-0.2, -0.15) is 0 Å². The Hall–Kier alpha value is -1.24. The number of benzene rings is 1. The SMILES string of the molecule is CC.Cc1[nH]c2ccccc2c1C. The van der Waals surface area contributed by atoms with E-state index >= 15 is 0 Å². The molecule has 70 valence electrons. The Labute approximate surface area is 79.8 Å². The van der Waals surface area contributed by atoms with Crippen LogP contribution in [0, 0.1) is 13.8 Å². The monoisotopic (exact) mass is 175 g/mol. The second kappa shape index (κ2) is 4.13. The minimum Gasteiger partial charge on any atom is -0.358 e. The number of H-pyrrole nitrogens is 1. The molecule has 2 rings (SSSR count). The Kier molecular flexibility index (Phi) is 3.13. The molecule has 2 aromatic rings. The third kappa shape index (κ3) is 1.74. The van der Waals surface area contributed by atoms with Gasteiger partial charge in [-0.05, 0) is 25.5 Å². The maximum Gasteiger partial charge on any atom is 0.0458 e. The zero-order chi connectivity index (χ0) is 9.84. The molecule has 0 unspecified atom stereocenters. The normalized spacial score (nSPS) is 9.54. The number of aromatic nitrogens is 1. The summed E-state index contributed by atoms with van der Waals surface area (Å²) in [4.78, 5) is 3.33. The van der Waals surface area contributed by atoms with Crippen molar-refractivity contribution in [3.63, 3.8) is 0 Å². The predicted octanol–water partition coefficient (Wildman–Crippen LogP) is 3.81. The van der Waals surface area contributed by atoms with Crippen molar-refractivity contribution in [2.45, 2.75) is 27.7 Å². The number of hydrogen-bond donors (Lipinski definition) is 1. The van der Waals surface area contributed by atoms with E-state index in [0.717, 1.165) is 0 Å². The summed E-state index contributed by atoms with van der Waals surface area (Å²) in [6.07, 6.45) is 0. The molecule has 0 saturated carbocycles. The summed E-state index contributed by atoms with van der Waals surface area (Å²) in [5.41, 5.74) is 3.87. The van der Waals surface area contributed by atoms with E-state index < -0.39 is 0 Å². The summed E-state index contributed by atoms with van der Waals surface area (Å²) >= 11 is 0. The maximum absolute atomic E-state index is 3.33. The van der Waals surface area contributed by atoms with E-state index in [1.807, 2.05) is 13.8 Å². The standard InChI is InChI=1S/C10H11N.C2H6/c1-7-8(2)11-10-6-4-3-5-9(7)10;1-2/h3-6,11H,1-2H3;1-2H3. The lowest BCUT2D eigenvalue weighted by Crippen LogP contribution is -1.70. The van der Waals surface area contributed by atoms with Crippen LogP contribution in [0.15, 0.2) is 24.3 Å². The highest BCUT2D eigenvalue weighted by Gasteiger charge is 2.00. The van der Waals surface area contributed by atoms with Crippen LogP contribution in [0.1, 0.15) is 25.1 Å². The first-order valence-electron chi connectivity index (χ1n) is 4.83. The van der Waals surface area contributed by atoms with Crippen LogP contribution >= 0.6 is 0 Å². The van der Waals surface area contributed by atoms with Crippen LogP contribution in [0.4, 0.5) is 0 Å². The third-order valence-corrected chi connectivity index (χ3v) is 2.22. The molecule has 0 saturated heterocycles. The van der Waals surface area contributed by atoms with Crippen LogP contribution in [0.5, 0.6) is 0 Å². The number of fused-ring (bicyclic) bond motifs is 1. The van der Waals surface area contributed by atoms with E-state index in [-0.39, 0.29) is 0 Å². The third-order valence-electron chi connectivity index (χ3n) is 2.22. The van der Waals surface area contributed by atoms with E-state index in [9.17, 15) is 0 Å². The highest BCUT2D eigenvalue weighted by Crippen LogP contribution is 2.19. The maximum atomic E-state index is 3.33. The minimum atomic E-state index is 1.24. The average molecular weight is 175 g/mol. The zero-order valence-corrected chi connectivity index (χ0v) is 8.81. The lowest BCUT2D eigenvalue weighted by atomic mass is 10.2. The van der Waals surface area contributed by atoms with E-state index in [2.05, 4.69) is 43.1 Å². The quantitative estimate of drug-likeness (QED) is 0.626. The Morgan fingerprint density at radius 2 is 1.62 bits per heavy atom. The summed E-state index contributed by atoms with van der Waals surface area (Å²) in [5, 5.41) is 1.34. The van der Waals surface area contributed by atoms with E-state index in [1.54, 1.807) is 0 Å². The van der Waals surface area contributed by atoms with Crippen molar-refractivity contribution in [2.24, 2.45) is 0 Å². The molecule has 0 bridgehead atoms. The first kappa shape index (κ1) is 9.85. The summed E-state index contributed by atoms with van der Waals surface area (Å²) in [5.74, 6) is 0. The van der Waals surface area contributed by atoms with Gasteiger partial charge < -0.3 is 4.98 Å². The number of hydrogen-bond acceptors (Lipinski definition) is 0. The van der Waals surface area contributed by atoms with E-state index in [0.29, 0.717) is 0 Å². The average Bonchev–Trinajstić information content (AvgIpc) is 2.47. The largest absolute Gasteiger partial charge is 0.358 e. The fourth-order valence-electron chi connectivity index (χ4n) is 1.42. The highest BCUT2D eigenvalue weighted by atomic mass is 14.7. The van der Waals surface area contributed by atoms with Crippen molar-refractivity contribution in [3.05, 3.63) is 35.5 Å². The number of nitrogens with one attached hydrogen (secondary N) is 1. The molecule has 0 aliphatic rings. The van der Waals surface area contributed by atoms with Gasteiger partial charge in [0.05, 0.1) is 0 Å². The zero-order valence-electron chi connectivity index (χ0n) is 8.81. The summed E-state index contributed by atoms with van der Waals surface area (Å²) < 4.78 is 0. The first-order valence-corrected chi connectivity index (χ1v) is 4.83. The molecule has 0 aliphatic heterocycles. The smallest absolute Gasteiger partial charge is 0.0458 e. The van der Waals surface area contributed by atoms with Crippen molar-refractivity contribution >= 4 is 10.9 Å². The predicted molar refractivity (Wildman–Crippen MR) is 59.1 cm³/mol. The van der Waals surface area contributed by atoms with Gasteiger partial charge in [-0.1, -0.05) is 32.0 Å². The fraction of sp³-hybridized carbons (Fsp3) is 0.333. The van der Waals surface area contributed by atoms with Gasteiger partial charge in [-0.25, -0.2) is 0 Å². The molecule has 1 aromatic heterocycles. The number of aromatic amines is 1. The van der Waals surface area contributed by atoms with Crippen molar-refractivity contribution in [1.29, 1.82) is 0 Å². The van der Waals surface area contributed by atoms with Crippen molar-refractivity contribution in [1.82, 2.24) is 4.98 Å². The van der Waals surface area contributed by atoms with Crippen LogP contribution in [0.25, 0.3) is 10.9 Å². The van der Waals surface area contributed by atoms with Gasteiger partial charge in [0.25, 0.3) is 0 Å². The number of rotatable bonds is 0. The number of para-hydroxylation sites is 1. The second-order valence-electron chi connectivity index (χ2n) is 2.92. The highest BCUT2D eigenvalue weighted by molar-refractivity contribution is 5.84. The van der Waals surface area contributed by atoms with Crippen LogP contribution in [-0.2, 0) is 0 Å². The van der Waals surface area contributed by atoms with Crippen LogP contribution in [0.3, 0.4) is 0 Å². The van der Waals surface area contributed by atoms with Crippen LogP contribution < -0.4 is 0 Å². The molecule has 0 aliphatic carbocycles. The van der Waals surface area contributed by atoms with E-state index in [1.165, 1.54) is 22.2 Å². The molecule has 1 N–H and O–H groups in total. The molecule has 13 heavy (non-hydrogen) atoms. The lowest BCUT2D eigenvalue weighted by Gasteiger charge is -1.87. The Bertz CT molecular complexity index is 385. The minimum absolute atomic E-state index is 1.24. The Morgan fingerprint density at radius 1 is 1.00 bits per heavy atom. The molecule has 1 heteroatoms. The first-order chi connectivity index (χ1) is 6.29. The topological polar surface area (TPSA) is 15.8 Å². The van der Waals surface area contributed by atoms with Crippen LogP contribution in [-0.4, -0.2) is 4.98 Å². The summed E-state index contributed by atoms with van der Waals surface area (Å²) in [7, 11) is 0. The van der Waals surface area contributed by atoms with Gasteiger partial charge in [0.2, 0.25) is 0 Å². The van der Waals surface area contributed by atoms with Gasteiger partial charge in [0.1, 0.15) is 0 Å². The molecule has 1 heterocycles. The molecule has 0 fully saturated rings. The molecule has 0 spiro atoms. The molecule has 0 atom stereocenters. The number of aryl methyl sites for hydroxylation is 2.